The third kappa shape index (κ3) is 2.28. The topological polar surface area (TPSA) is 34.6 Å². The van der Waals surface area contributed by atoms with E-state index >= 15 is 0 Å². The SMILES string of the molecule is C[C@H](c1ccccn1)N1CCCC2(C1)OCCO2. The summed E-state index contributed by atoms with van der Waals surface area (Å²) in [6.45, 7) is 5.60. The molecule has 3 rings (SSSR count). The predicted octanol–water partition coefficient (Wildman–Crippen LogP) is 1.98. The third-order valence-corrected chi connectivity index (χ3v) is 3.92. The van der Waals surface area contributed by atoms with Crippen LogP contribution in [0.1, 0.15) is 31.5 Å². The molecule has 3 heterocycles. The van der Waals surface area contributed by atoms with Crippen LogP contribution in [0.15, 0.2) is 24.4 Å². The largest absolute Gasteiger partial charge is 0.346 e. The van der Waals surface area contributed by atoms with Crippen molar-refractivity contribution >= 4 is 0 Å². The van der Waals surface area contributed by atoms with E-state index in [-0.39, 0.29) is 5.79 Å². The van der Waals surface area contributed by atoms with E-state index in [1.165, 1.54) is 0 Å². The van der Waals surface area contributed by atoms with Gasteiger partial charge in [0.15, 0.2) is 5.79 Å². The quantitative estimate of drug-likeness (QED) is 0.801. The van der Waals surface area contributed by atoms with Gasteiger partial charge in [-0.15, -0.1) is 0 Å². The van der Waals surface area contributed by atoms with Gasteiger partial charge in [-0.3, -0.25) is 9.88 Å². The lowest BCUT2D eigenvalue weighted by Crippen LogP contribution is -2.49. The Labute approximate surface area is 108 Å². The molecule has 2 aliphatic heterocycles. The monoisotopic (exact) mass is 248 g/mol. The molecule has 2 fully saturated rings. The fraction of sp³-hybridized carbons (Fsp3) is 0.643. The average Bonchev–Trinajstić information content (AvgIpc) is 2.87. The van der Waals surface area contributed by atoms with Crippen LogP contribution in [-0.4, -0.2) is 42.0 Å². The van der Waals surface area contributed by atoms with Crippen molar-refractivity contribution < 1.29 is 9.47 Å². The molecule has 4 heteroatoms. The second kappa shape index (κ2) is 4.96. The lowest BCUT2D eigenvalue weighted by atomic mass is 10.0. The molecule has 0 unspecified atom stereocenters. The van der Waals surface area contributed by atoms with E-state index in [2.05, 4.69) is 22.9 Å². The Kier molecular flexibility index (Phi) is 3.33. The van der Waals surface area contributed by atoms with Crippen LogP contribution in [-0.2, 0) is 9.47 Å². The maximum atomic E-state index is 5.81. The zero-order valence-corrected chi connectivity index (χ0v) is 10.8. The summed E-state index contributed by atoms with van der Waals surface area (Å²) in [5, 5.41) is 0. The Morgan fingerprint density at radius 1 is 1.33 bits per heavy atom. The molecule has 2 aliphatic rings. The Balaban J connectivity index is 1.72. The van der Waals surface area contributed by atoms with Gasteiger partial charge in [0.1, 0.15) is 0 Å². The lowest BCUT2D eigenvalue weighted by Gasteiger charge is -2.41. The van der Waals surface area contributed by atoms with Gasteiger partial charge < -0.3 is 9.47 Å². The van der Waals surface area contributed by atoms with Crippen LogP contribution < -0.4 is 0 Å². The van der Waals surface area contributed by atoms with Crippen molar-refractivity contribution in [3.05, 3.63) is 30.1 Å². The van der Waals surface area contributed by atoms with Crippen molar-refractivity contribution in [3.8, 4) is 0 Å². The van der Waals surface area contributed by atoms with Crippen molar-refractivity contribution in [3.63, 3.8) is 0 Å². The summed E-state index contributed by atoms with van der Waals surface area (Å²) < 4.78 is 11.6. The zero-order chi connectivity index (χ0) is 12.4. The lowest BCUT2D eigenvalue weighted by molar-refractivity contribution is -0.193. The number of pyridine rings is 1. The molecule has 1 spiro atoms. The molecule has 0 N–H and O–H groups in total. The number of nitrogens with zero attached hydrogens (tertiary/aromatic N) is 2. The number of hydrogen-bond donors (Lipinski definition) is 0. The minimum absolute atomic E-state index is 0.316. The summed E-state index contributed by atoms with van der Waals surface area (Å²) in [5.74, 6) is -0.346. The van der Waals surface area contributed by atoms with Crippen LogP contribution in [0.5, 0.6) is 0 Å². The van der Waals surface area contributed by atoms with Crippen molar-refractivity contribution in [2.45, 2.75) is 31.6 Å². The molecule has 98 valence electrons. The Bertz CT molecular complexity index is 390. The minimum atomic E-state index is -0.346. The molecular weight excluding hydrogens is 228 g/mol. The van der Waals surface area contributed by atoms with Crippen LogP contribution in [0.3, 0.4) is 0 Å². The second-order valence-corrected chi connectivity index (χ2v) is 5.11. The molecule has 1 aromatic rings. The molecule has 0 radical (unpaired) electrons. The van der Waals surface area contributed by atoms with Gasteiger partial charge in [0.25, 0.3) is 0 Å². The number of ether oxygens (including phenoxy) is 2. The van der Waals surface area contributed by atoms with E-state index in [4.69, 9.17) is 9.47 Å². The molecule has 0 saturated carbocycles. The third-order valence-electron chi connectivity index (χ3n) is 3.92. The van der Waals surface area contributed by atoms with Crippen LogP contribution in [0.25, 0.3) is 0 Å². The first kappa shape index (κ1) is 12.1. The van der Waals surface area contributed by atoms with Crippen LogP contribution in [0.4, 0.5) is 0 Å². The van der Waals surface area contributed by atoms with E-state index < -0.39 is 0 Å². The summed E-state index contributed by atoms with van der Waals surface area (Å²) in [7, 11) is 0. The van der Waals surface area contributed by atoms with Crippen molar-refractivity contribution in [2.75, 3.05) is 26.3 Å². The maximum Gasteiger partial charge on any atom is 0.181 e. The maximum absolute atomic E-state index is 5.81. The van der Waals surface area contributed by atoms with E-state index in [1.54, 1.807) is 0 Å². The number of rotatable bonds is 2. The average molecular weight is 248 g/mol. The van der Waals surface area contributed by atoms with E-state index in [9.17, 15) is 0 Å². The smallest absolute Gasteiger partial charge is 0.181 e. The standard InChI is InChI=1S/C14H20N2O2/c1-12(13-5-2-3-7-15-13)16-8-4-6-14(11-16)17-9-10-18-14/h2-3,5,7,12H,4,6,8-11H2,1H3/t12-/m1/s1. The van der Waals surface area contributed by atoms with Gasteiger partial charge in [0, 0.05) is 18.7 Å². The molecule has 1 aromatic heterocycles. The summed E-state index contributed by atoms with van der Waals surface area (Å²) in [6.07, 6.45) is 3.99. The Hall–Kier alpha value is -0.970. The Morgan fingerprint density at radius 2 is 2.17 bits per heavy atom. The highest BCUT2D eigenvalue weighted by Gasteiger charge is 2.41. The minimum Gasteiger partial charge on any atom is -0.346 e. The summed E-state index contributed by atoms with van der Waals surface area (Å²) >= 11 is 0. The fourth-order valence-corrected chi connectivity index (χ4v) is 2.89. The Morgan fingerprint density at radius 3 is 2.89 bits per heavy atom. The summed E-state index contributed by atoms with van der Waals surface area (Å²) in [5.41, 5.74) is 1.12. The van der Waals surface area contributed by atoms with E-state index in [1.807, 2.05) is 18.3 Å². The first-order valence-corrected chi connectivity index (χ1v) is 6.72. The molecule has 4 nitrogen and oxygen atoms in total. The highest BCUT2D eigenvalue weighted by atomic mass is 16.7. The highest BCUT2D eigenvalue weighted by Crippen LogP contribution is 2.33. The normalized spacial score (nSPS) is 25.4. The van der Waals surface area contributed by atoms with Crippen LogP contribution in [0, 0.1) is 0 Å². The number of likely N-dealkylation sites (tertiary alicyclic amines) is 1. The van der Waals surface area contributed by atoms with Gasteiger partial charge in [-0.25, -0.2) is 0 Å². The van der Waals surface area contributed by atoms with Gasteiger partial charge in [-0.1, -0.05) is 6.07 Å². The van der Waals surface area contributed by atoms with E-state index in [0.717, 1.165) is 44.8 Å². The summed E-state index contributed by atoms with van der Waals surface area (Å²) in [4.78, 5) is 6.86. The van der Waals surface area contributed by atoms with Crippen molar-refractivity contribution in [1.82, 2.24) is 9.88 Å². The fourth-order valence-electron chi connectivity index (χ4n) is 2.89. The summed E-state index contributed by atoms with van der Waals surface area (Å²) in [6, 6.07) is 6.40. The van der Waals surface area contributed by atoms with Crippen molar-refractivity contribution in [2.24, 2.45) is 0 Å². The second-order valence-electron chi connectivity index (χ2n) is 5.11. The molecule has 0 amide bonds. The van der Waals surface area contributed by atoms with E-state index in [0.29, 0.717) is 6.04 Å². The zero-order valence-electron chi connectivity index (χ0n) is 10.8. The van der Waals surface area contributed by atoms with Gasteiger partial charge in [-0.05, 0) is 32.0 Å². The van der Waals surface area contributed by atoms with Crippen LogP contribution >= 0.6 is 0 Å². The van der Waals surface area contributed by atoms with Crippen LogP contribution in [0.2, 0.25) is 0 Å². The van der Waals surface area contributed by atoms with Crippen molar-refractivity contribution in [1.29, 1.82) is 0 Å². The molecule has 1 atom stereocenters. The number of aromatic nitrogens is 1. The van der Waals surface area contributed by atoms with Gasteiger partial charge >= 0.3 is 0 Å². The molecule has 0 bridgehead atoms. The first-order chi connectivity index (χ1) is 8.79. The molecular formula is C14H20N2O2. The van der Waals surface area contributed by atoms with Gasteiger partial charge in [0.05, 0.1) is 25.5 Å². The number of hydrogen-bond acceptors (Lipinski definition) is 4. The predicted molar refractivity (Wildman–Crippen MR) is 68.1 cm³/mol. The molecule has 0 aliphatic carbocycles. The van der Waals surface area contributed by atoms with Gasteiger partial charge in [-0.2, -0.15) is 0 Å². The molecule has 18 heavy (non-hydrogen) atoms. The highest BCUT2D eigenvalue weighted by molar-refractivity contribution is 5.08. The number of piperidine rings is 1. The molecule has 2 saturated heterocycles. The van der Waals surface area contributed by atoms with Gasteiger partial charge in [0.2, 0.25) is 0 Å². The molecule has 0 aromatic carbocycles. The first-order valence-electron chi connectivity index (χ1n) is 6.72.